The molecule has 0 radical (unpaired) electrons. The van der Waals surface area contributed by atoms with Crippen LogP contribution in [0.4, 0.5) is 5.69 Å². The summed E-state index contributed by atoms with van der Waals surface area (Å²) in [6.07, 6.45) is 1.60. The number of fused-ring (bicyclic) bond motifs is 1. The first-order valence-corrected chi connectivity index (χ1v) is 6.87. The molecule has 0 spiro atoms. The van der Waals surface area contributed by atoms with E-state index in [0.717, 1.165) is 22.2 Å². The summed E-state index contributed by atoms with van der Waals surface area (Å²) >= 11 is 1.25. The molecule has 0 atom stereocenters. The number of nitrogens with one attached hydrogen (secondary N) is 1. The topological polar surface area (TPSA) is 80.9 Å². The fourth-order valence-electron chi connectivity index (χ4n) is 1.76. The smallest absolute Gasteiger partial charge is 0.263 e. The van der Waals surface area contributed by atoms with E-state index in [1.54, 1.807) is 6.08 Å². The van der Waals surface area contributed by atoms with Crippen molar-refractivity contribution >= 4 is 33.1 Å². The van der Waals surface area contributed by atoms with E-state index in [4.69, 9.17) is 5.73 Å². The zero-order valence-corrected chi connectivity index (χ0v) is 12.3. The van der Waals surface area contributed by atoms with Crippen molar-refractivity contribution in [2.24, 2.45) is 0 Å². The first kappa shape index (κ1) is 14.2. The zero-order chi connectivity index (χ0) is 14.9. The predicted molar refractivity (Wildman–Crippen MR) is 83.0 cm³/mol. The number of rotatable bonds is 4. The second-order valence-corrected chi connectivity index (χ2v) is 5.48. The lowest BCUT2D eigenvalue weighted by atomic mass is 10.1. The highest BCUT2D eigenvalue weighted by Crippen LogP contribution is 2.34. The van der Waals surface area contributed by atoms with Crippen molar-refractivity contribution < 1.29 is 4.79 Å². The molecular formula is C14H16N4OS. The Balaban J connectivity index is 2.38. The number of nitrogens with zero attached hydrogens (tertiary/aromatic N) is 2. The van der Waals surface area contributed by atoms with Crippen LogP contribution in [0.5, 0.6) is 0 Å². The van der Waals surface area contributed by atoms with Crippen LogP contribution >= 0.6 is 11.3 Å². The highest BCUT2D eigenvalue weighted by Gasteiger charge is 2.19. The Labute approximate surface area is 121 Å². The van der Waals surface area contributed by atoms with E-state index in [2.05, 4.69) is 28.7 Å². The van der Waals surface area contributed by atoms with Crippen molar-refractivity contribution in [1.82, 2.24) is 15.5 Å². The van der Waals surface area contributed by atoms with Gasteiger partial charge in [0, 0.05) is 11.9 Å². The standard InChI is InChI=1S/C14H16N4OS/c1-5-7(2)6-16-13(19)12-11(15)10-8(3)9(4)17-18-14(10)20-12/h5H,1-2,6,15H2,3-4H3,(H,16,19). The normalized spacial score (nSPS) is 10.5. The molecule has 2 aromatic rings. The maximum absolute atomic E-state index is 12.1. The van der Waals surface area contributed by atoms with Crippen LogP contribution in [0.2, 0.25) is 0 Å². The number of nitrogens with two attached hydrogens (primary N) is 1. The molecule has 104 valence electrons. The number of hydrogen-bond acceptors (Lipinski definition) is 5. The lowest BCUT2D eigenvalue weighted by Crippen LogP contribution is -2.24. The van der Waals surface area contributed by atoms with Gasteiger partial charge in [-0.05, 0) is 25.0 Å². The quantitative estimate of drug-likeness (QED) is 0.846. The molecule has 2 rings (SSSR count). The molecule has 0 aliphatic carbocycles. The molecule has 0 bridgehead atoms. The average molecular weight is 288 g/mol. The van der Waals surface area contributed by atoms with Gasteiger partial charge in [-0.1, -0.05) is 19.2 Å². The molecule has 3 N–H and O–H groups in total. The van der Waals surface area contributed by atoms with Crippen LogP contribution < -0.4 is 11.1 Å². The number of nitrogen functional groups attached to an aromatic ring is 1. The minimum atomic E-state index is -0.231. The Morgan fingerprint density at radius 2 is 2.15 bits per heavy atom. The Kier molecular flexibility index (Phi) is 3.85. The SMILES string of the molecule is C=CC(=C)CNC(=O)c1sc2nnc(C)c(C)c2c1N. The minimum absolute atomic E-state index is 0.231. The maximum atomic E-state index is 12.1. The fourth-order valence-corrected chi connectivity index (χ4v) is 2.77. The lowest BCUT2D eigenvalue weighted by molar-refractivity contribution is 0.0962. The second-order valence-electron chi connectivity index (χ2n) is 4.48. The lowest BCUT2D eigenvalue weighted by Gasteiger charge is -2.04. The van der Waals surface area contributed by atoms with Gasteiger partial charge in [-0.2, -0.15) is 5.10 Å². The van der Waals surface area contributed by atoms with Gasteiger partial charge in [0.15, 0.2) is 0 Å². The molecule has 0 saturated heterocycles. The van der Waals surface area contributed by atoms with Crippen LogP contribution in [-0.2, 0) is 0 Å². The third-order valence-corrected chi connectivity index (χ3v) is 4.19. The molecular weight excluding hydrogens is 272 g/mol. The first-order valence-electron chi connectivity index (χ1n) is 6.06. The summed E-state index contributed by atoms with van der Waals surface area (Å²) in [6, 6.07) is 0. The molecule has 0 aliphatic heterocycles. The molecule has 5 nitrogen and oxygen atoms in total. The third-order valence-electron chi connectivity index (χ3n) is 3.11. The highest BCUT2D eigenvalue weighted by molar-refractivity contribution is 7.21. The van der Waals surface area contributed by atoms with Gasteiger partial charge in [0.2, 0.25) is 0 Å². The van der Waals surface area contributed by atoms with Crippen LogP contribution in [0, 0.1) is 13.8 Å². The number of thiophene rings is 1. The van der Waals surface area contributed by atoms with E-state index in [1.165, 1.54) is 11.3 Å². The zero-order valence-electron chi connectivity index (χ0n) is 11.5. The summed E-state index contributed by atoms with van der Waals surface area (Å²) in [5.74, 6) is -0.231. The van der Waals surface area contributed by atoms with E-state index >= 15 is 0 Å². The molecule has 0 saturated carbocycles. The van der Waals surface area contributed by atoms with Gasteiger partial charge < -0.3 is 11.1 Å². The number of aryl methyl sites for hydroxylation is 2. The van der Waals surface area contributed by atoms with Crippen molar-refractivity contribution in [2.75, 3.05) is 12.3 Å². The summed E-state index contributed by atoms with van der Waals surface area (Å²) < 4.78 is 0. The van der Waals surface area contributed by atoms with Gasteiger partial charge in [-0.25, -0.2) is 0 Å². The van der Waals surface area contributed by atoms with Gasteiger partial charge in [0.25, 0.3) is 5.91 Å². The number of anilines is 1. The molecule has 6 heteroatoms. The van der Waals surface area contributed by atoms with Gasteiger partial charge >= 0.3 is 0 Å². The Morgan fingerprint density at radius 3 is 2.80 bits per heavy atom. The Bertz CT molecular complexity index is 718. The van der Waals surface area contributed by atoms with Crippen molar-refractivity contribution in [3.8, 4) is 0 Å². The molecule has 0 aromatic carbocycles. The Morgan fingerprint density at radius 1 is 1.45 bits per heavy atom. The van der Waals surface area contributed by atoms with Crippen LogP contribution in [0.1, 0.15) is 20.9 Å². The molecule has 20 heavy (non-hydrogen) atoms. The van der Waals surface area contributed by atoms with Crippen LogP contribution in [-0.4, -0.2) is 22.6 Å². The number of amides is 1. The highest BCUT2D eigenvalue weighted by atomic mass is 32.1. The van der Waals surface area contributed by atoms with E-state index in [-0.39, 0.29) is 5.91 Å². The van der Waals surface area contributed by atoms with Crippen molar-refractivity contribution in [3.63, 3.8) is 0 Å². The molecule has 2 heterocycles. The van der Waals surface area contributed by atoms with Crippen LogP contribution in [0.25, 0.3) is 10.2 Å². The number of carbonyl (C=O) groups is 1. The molecule has 0 unspecified atom stereocenters. The van der Waals surface area contributed by atoms with Gasteiger partial charge in [0.05, 0.1) is 11.4 Å². The molecule has 1 amide bonds. The number of aromatic nitrogens is 2. The number of hydrogen-bond donors (Lipinski definition) is 2. The largest absolute Gasteiger partial charge is 0.397 e. The molecule has 0 fully saturated rings. The van der Waals surface area contributed by atoms with Gasteiger partial charge in [-0.3, -0.25) is 4.79 Å². The maximum Gasteiger partial charge on any atom is 0.263 e. The summed E-state index contributed by atoms with van der Waals surface area (Å²) in [7, 11) is 0. The van der Waals surface area contributed by atoms with Crippen molar-refractivity contribution in [1.29, 1.82) is 0 Å². The van der Waals surface area contributed by atoms with Gasteiger partial charge in [0.1, 0.15) is 9.71 Å². The van der Waals surface area contributed by atoms with Crippen molar-refractivity contribution in [3.05, 3.63) is 40.9 Å². The third kappa shape index (κ3) is 2.42. The summed E-state index contributed by atoms with van der Waals surface area (Å²) in [5, 5.41) is 11.7. The van der Waals surface area contributed by atoms with Crippen molar-refractivity contribution in [2.45, 2.75) is 13.8 Å². The predicted octanol–water partition coefficient (Wildman–Crippen LogP) is 2.36. The fraction of sp³-hybridized carbons (Fsp3) is 0.214. The second kappa shape index (κ2) is 5.42. The summed E-state index contributed by atoms with van der Waals surface area (Å²) in [5.41, 5.74) is 9.06. The Hall–Kier alpha value is -2.21. The van der Waals surface area contributed by atoms with E-state index in [0.29, 0.717) is 21.9 Å². The number of carbonyl (C=O) groups excluding carboxylic acids is 1. The monoisotopic (exact) mass is 288 g/mol. The summed E-state index contributed by atoms with van der Waals surface area (Å²) in [6.45, 7) is 11.5. The molecule has 2 aromatic heterocycles. The average Bonchev–Trinajstić information content (AvgIpc) is 2.77. The van der Waals surface area contributed by atoms with Crippen LogP contribution in [0.15, 0.2) is 24.8 Å². The van der Waals surface area contributed by atoms with Gasteiger partial charge in [-0.15, -0.1) is 16.4 Å². The van der Waals surface area contributed by atoms with E-state index < -0.39 is 0 Å². The van der Waals surface area contributed by atoms with E-state index in [1.807, 2.05) is 13.8 Å². The van der Waals surface area contributed by atoms with Crippen LogP contribution in [0.3, 0.4) is 0 Å². The molecule has 0 aliphatic rings. The minimum Gasteiger partial charge on any atom is -0.397 e. The summed E-state index contributed by atoms with van der Waals surface area (Å²) in [4.78, 5) is 13.3. The van der Waals surface area contributed by atoms with E-state index in [9.17, 15) is 4.79 Å². The first-order chi connectivity index (χ1) is 9.45.